The lowest BCUT2D eigenvalue weighted by molar-refractivity contribution is 0.567. The highest BCUT2D eigenvalue weighted by Gasteiger charge is 2.17. The van der Waals surface area contributed by atoms with Gasteiger partial charge in [0.15, 0.2) is 0 Å². The molecule has 0 atom stereocenters. The van der Waals surface area contributed by atoms with Gasteiger partial charge in [-0.05, 0) is 5.56 Å². The lowest BCUT2D eigenvalue weighted by Gasteiger charge is -2.02. The van der Waals surface area contributed by atoms with Crippen LogP contribution in [0.2, 0.25) is 0 Å². The van der Waals surface area contributed by atoms with Crippen LogP contribution in [0.15, 0.2) is 35.4 Å². The maximum atomic E-state index is 5.13. The van der Waals surface area contributed by atoms with Gasteiger partial charge in [0.2, 0.25) is 0 Å². The highest BCUT2D eigenvalue weighted by atomic mass is 32.1. The summed E-state index contributed by atoms with van der Waals surface area (Å²) >= 11 is 5.13. The second kappa shape index (κ2) is 3.26. The van der Waals surface area contributed by atoms with Gasteiger partial charge < -0.3 is 0 Å². The van der Waals surface area contributed by atoms with E-state index in [0.29, 0.717) is 0 Å². The fraction of sp³-hybridized carbons (Fsp3) is 0.200. The molecule has 1 aromatic rings. The van der Waals surface area contributed by atoms with Crippen molar-refractivity contribution in [3.05, 3.63) is 35.9 Å². The number of nitrogens with zero attached hydrogens (tertiary/aromatic N) is 2. The maximum absolute atomic E-state index is 5.13. The summed E-state index contributed by atoms with van der Waals surface area (Å²) in [6.07, 6.45) is 0.788. The van der Waals surface area contributed by atoms with Crippen LogP contribution in [0.1, 0.15) is 12.0 Å². The van der Waals surface area contributed by atoms with Crippen molar-refractivity contribution in [3.8, 4) is 0 Å². The van der Waals surface area contributed by atoms with E-state index in [2.05, 4.69) is 17.2 Å². The molecule has 0 amide bonds. The Labute approximate surface area is 82.9 Å². The third kappa shape index (κ3) is 1.60. The highest BCUT2D eigenvalue weighted by molar-refractivity contribution is 7.80. The maximum Gasteiger partial charge on any atom is 0.105 e. The number of thiocarbonyl (C=S) groups is 1. The Balaban J connectivity index is 2.30. The fourth-order valence-corrected chi connectivity index (χ4v) is 1.50. The van der Waals surface area contributed by atoms with Gasteiger partial charge in [-0.15, -0.1) is 0 Å². The number of hydrogen-bond acceptors (Lipinski definition) is 2. The fourth-order valence-electron chi connectivity index (χ4n) is 1.32. The van der Waals surface area contributed by atoms with Crippen molar-refractivity contribution in [1.82, 2.24) is 5.01 Å². The largest absolute Gasteiger partial charge is 0.261 e. The van der Waals surface area contributed by atoms with Crippen LogP contribution in [0.3, 0.4) is 0 Å². The van der Waals surface area contributed by atoms with Gasteiger partial charge in [0.25, 0.3) is 0 Å². The zero-order chi connectivity index (χ0) is 9.26. The minimum atomic E-state index is 0.788. The van der Waals surface area contributed by atoms with Crippen LogP contribution < -0.4 is 0 Å². The summed E-state index contributed by atoms with van der Waals surface area (Å²) in [5.41, 5.74) is 2.22. The first kappa shape index (κ1) is 8.38. The van der Waals surface area contributed by atoms with Gasteiger partial charge in [-0.25, -0.2) is 0 Å². The first-order chi connectivity index (χ1) is 6.27. The molecule has 2 rings (SSSR count). The van der Waals surface area contributed by atoms with Crippen molar-refractivity contribution < 1.29 is 0 Å². The predicted molar refractivity (Wildman–Crippen MR) is 58.0 cm³/mol. The Hall–Kier alpha value is -1.22. The highest BCUT2D eigenvalue weighted by Crippen LogP contribution is 2.13. The molecule has 0 bridgehead atoms. The van der Waals surface area contributed by atoms with Crippen LogP contribution in [0.4, 0.5) is 0 Å². The standard InChI is InChI=1S/C10H10N2S/c1-12-10(13)7-9(11-12)8-5-3-2-4-6-8/h2-6H,7H2,1H3. The quantitative estimate of drug-likeness (QED) is 0.630. The Bertz CT molecular complexity index is 356. The molecule has 1 aliphatic heterocycles. The summed E-state index contributed by atoms with van der Waals surface area (Å²) in [6.45, 7) is 0. The van der Waals surface area contributed by atoms with Gasteiger partial charge in [0.05, 0.1) is 5.71 Å². The molecule has 1 aromatic carbocycles. The van der Waals surface area contributed by atoms with E-state index in [0.717, 1.165) is 22.7 Å². The van der Waals surface area contributed by atoms with E-state index in [-0.39, 0.29) is 0 Å². The molecule has 1 heterocycles. The third-order valence-electron chi connectivity index (χ3n) is 2.06. The van der Waals surface area contributed by atoms with Crippen LogP contribution in [-0.4, -0.2) is 22.8 Å². The summed E-state index contributed by atoms with van der Waals surface area (Å²) in [7, 11) is 1.89. The molecule has 0 spiro atoms. The molecular formula is C10H10N2S. The predicted octanol–water partition coefficient (Wildman–Crippen LogP) is 2.05. The molecule has 0 fully saturated rings. The van der Waals surface area contributed by atoms with Crippen molar-refractivity contribution in [3.63, 3.8) is 0 Å². The van der Waals surface area contributed by atoms with Crippen LogP contribution >= 0.6 is 12.2 Å². The average Bonchev–Trinajstić information content (AvgIpc) is 2.49. The van der Waals surface area contributed by atoms with Crippen molar-refractivity contribution in [2.24, 2.45) is 5.10 Å². The lowest BCUT2D eigenvalue weighted by atomic mass is 10.1. The molecule has 0 aliphatic carbocycles. The van der Waals surface area contributed by atoms with Gasteiger partial charge in [-0.1, -0.05) is 42.5 Å². The second-order valence-electron chi connectivity index (χ2n) is 3.01. The first-order valence-corrected chi connectivity index (χ1v) is 4.57. The number of hydrogen-bond donors (Lipinski definition) is 0. The molecule has 0 aromatic heterocycles. The Morgan fingerprint density at radius 1 is 1.31 bits per heavy atom. The Kier molecular flexibility index (Phi) is 2.10. The molecule has 13 heavy (non-hydrogen) atoms. The molecule has 66 valence electrons. The minimum absolute atomic E-state index is 0.788. The second-order valence-corrected chi connectivity index (χ2v) is 3.48. The topological polar surface area (TPSA) is 15.6 Å². The molecule has 0 saturated heterocycles. The summed E-state index contributed by atoms with van der Waals surface area (Å²) in [4.78, 5) is 0.888. The molecule has 0 N–H and O–H groups in total. The molecule has 1 aliphatic rings. The van der Waals surface area contributed by atoms with E-state index in [9.17, 15) is 0 Å². The average molecular weight is 190 g/mol. The van der Waals surface area contributed by atoms with Crippen LogP contribution in [0.25, 0.3) is 0 Å². The van der Waals surface area contributed by atoms with Crippen molar-refractivity contribution >= 4 is 22.9 Å². The minimum Gasteiger partial charge on any atom is -0.261 e. The number of benzene rings is 1. The smallest absolute Gasteiger partial charge is 0.105 e. The lowest BCUT2D eigenvalue weighted by Crippen LogP contribution is -2.11. The van der Waals surface area contributed by atoms with E-state index in [4.69, 9.17) is 12.2 Å². The molecule has 0 radical (unpaired) electrons. The van der Waals surface area contributed by atoms with Gasteiger partial charge in [0, 0.05) is 13.5 Å². The Morgan fingerprint density at radius 3 is 2.54 bits per heavy atom. The van der Waals surface area contributed by atoms with Gasteiger partial charge >= 0.3 is 0 Å². The van der Waals surface area contributed by atoms with E-state index in [1.165, 1.54) is 0 Å². The van der Waals surface area contributed by atoms with E-state index in [1.54, 1.807) is 5.01 Å². The van der Waals surface area contributed by atoms with Gasteiger partial charge in [-0.2, -0.15) is 5.10 Å². The number of hydrazone groups is 1. The van der Waals surface area contributed by atoms with Crippen molar-refractivity contribution in [2.75, 3.05) is 7.05 Å². The van der Waals surface area contributed by atoms with Crippen LogP contribution in [-0.2, 0) is 0 Å². The SMILES string of the molecule is CN1N=C(c2ccccc2)CC1=S. The van der Waals surface area contributed by atoms with Gasteiger partial charge in [-0.3, -0.25) is 5.01 Å². The summed E-state index contributed by atoms with van der Waals surface area (Å²) in [5.74, 6) is 0. The normalized spacial score (nSPS) is 16.2. The Morgan fingerprint density at radius 2 is 2.00 bits per heavy atom. The summed E-state index contributed by atoms with van der Waals surface area (Å²) in [5, 5.41) is 6.11. The molecule has 2 nitrogen and oxygen atoms in total. The van der Waals surface area contributed by atoms with Crippen LogP contribution in [0.5, 0.6) is 0 Å². The van der Waals surface area contributed by atoms with Crippen molar-refractivity contribution in [1.29, 1.82) is 0 Å². The monoisotopic (exact) mass is 190 g/mol. The zero-order valence-corrected chi connectivity index (χ0v) is 8.21. The van der Waals surface area contributed by atoms with E-state index in [1.807, 2.05) is 25.2 Å². The zero-order valence-electron chi connectivity index (χ0n) is 7.40. The molecule has 0 saturated carbocycles. The van der Waals surface area contributed by atoms with Crippen LogP contribution in [0, 0.1) is 0 Å². The first-order valence-electron chi connectivity index (χ1n) is 4.17. The van der Waals surface area contributed by atoms with E-state index < -0.39 is 0 Å². The summed E-state index contributed by atoms with van der Waals surface area (Å²) < 4.78 is 0. The van der Waals surface area contributed by atoms with Gasteiger partial charge in [0.1, 0.15) is 4.99 Å². The molecule has 0 unspecified atom stereocenters. The van der Waals surface area contributed by atoms with Crippen molar-refractivity contribution in [2.45, 2.75) is 6.42 Å². The third-order valence-corrected chi connectivity index (χ3v) is 2.47. The van der Waals surface area contributed by atoms with E-state index >= 15 is 0 Å². The summed E-state index contributed by atoms with van der Waals surface area (Å²) in [6, 6.07) is 10.1. The number of rotatable bonds is 1. The molecular weight excluding hydrogens is 180 g/mol. The molecule has 3 heteroatoms.